The largest absolute Gasteiger partial charge is 1.00 e. The number of rotatable bonds is 10. The number of aromatic nitrogens is 2. The molecule has 4 aromatic carbocycles. The standard InChI is InChI=1S/C18H17NO3.C10H9NO2.C8H9BrO.CH3F.CH2O3.2K.H/c1-21-18(20)15-8-7-14-9-10-19(17(14)13-15)11-12-22-16-5-3-2-4-6-16;1-13-10(12)8-3-2-7-4-5-11-9(7)6-8;9-6-7-10-8-4-2-1-3-5-8;1-2;2-1-4-3;;;/h2-10,13H,11-12H2,1H3;2-6,11H,1H3;1-5H,6-7H2;1H3;1,3H;;;/q;;;;;2*+1;-1/p-1/i;;;1D;;;;. The second-order valence-corrected chi connectivity index (χ2v) is 10.5. The van der Waals surface area contributed by atoms with Crippen molar-refractivity contribution in [3.63, 3.8) is 0 Å². The number of nitrogens with one attached hydrogen (secondary N) is 1. The number of carbonyl (C=O) groups is 3. The van der Waals surface area contributed by atoms with Crippen molar-refractivity contribution in [2.45, 2.75) is 6.54 Å². The SMILES string of the molecule is BrCCOc1ccccc1.COC(=O)c1ccc2cc[nH]c2c1.COC(=O)c1ccc2ccn(CCOc3ccccc3)c2c1.O=CO[O-].[2H]CF.[H-].[K+].[K+]. The number of alkyl halides is 2. The molecule has 0 saturated carbocycles. The Morgan fingerprint density at radius 3 is 1.85 bits per heavy atom. The predicted molar refractivity (Wildman–Crippen MR) is 196 cm³/mol. The molecule has 0 aliphatic heterocycles. The van der Waals surface area contributed by atoms with E-state index in [1.165, 1.54) is 14.2 Å². The van der Waals surface area contributed by atoms with Gasteiger partial charge in [-0.25, -0.2) is 9.59 Å². The van der Waals surface area contributed by atoms with Crippen LogP contribution in [-0.2, 0) is 25.7 Å². The van der Waals surface area contributed by atoms with Crippen LogP contribution >= 0.6 is 15.9 Å². The summed E-state index contributed by atoms with van der Waals surface area (Å²) in [5.74, 6) is 1.16. The van der Waals surface area contributed by atoms with E-state index in [0.29, 0.717) is 24.3 Å². The van der Waals surface area contributed by atoms with Crippen LogP contribution in [-0.4, -0.2) is 67.9 Å². The van der Waals surface area contributed by atoms with Gasteiger partial charge < -0.3 is 40.1 Å². The molecular formula is C38H40BrFK2N2O9. The number of carbonyl (C=O) groups excluding carboxylic acids is 3. The summed E-state index contributed by atoms with van der Waals surface area (Å²) in [4.78, 5) is 37.1. The van der Waals surface area contributed by atoms with Gasteiger partial charge in [-0.3, -0.25) is 9.18 Å². The molecular weight excluding hydrogens is 806 g/mol. The van der Waals surface area contributed by atoms with Gasteiger partial charge in [-0.2, -0.15) is 0 Å². The Labute approximate surface area is 404 Å². The van der Waals surface area contributed by atoms with Crippen LogP contribution in [0, 0.1) is 0 Å². The van der Waals surface area contributed by atoms with Crippen molar-refractivity contribution in [1.82, 2.24) is 9.55 Å². The van der Waals surface area contributed by atoms with Crippen LogP contribution in [0.5, 0.6) is 11.5 Å². The number of nitrogens with zero attached hydrogens (tertiary/aromatic N) is 1. The molecule has 6 rings (SSSR count). The first-order valence-corrected chi connectivity index (χ1v) is 16.3. The number of fused-ring (bicyclic) bond motifs is 2. The van der Waals surface area contributed by atoms with E-state index in [-0.39, 0.29) is 123 Å². The van der Waals surface area contributed by atoms with E-state index in [9.17, 15) is 14.0 Å². The van der Waals surface area contributed by atoms with E-state index in [2.05, 4.69) is 35.1 Å². The summed E-state index contributed by atoms with van der Waals surface area (Å²) in [5.41, 5.74) is 3.07. The van der Waals surface area contributed by atoms with Crippen LogP contribution in [0.1, 0.15) is 23.5 Å². The summed E-state index contributed by atoms with van der Waals surface area (Å²) in [7, 11) is 1.76. The van der Waals surface area contributed by atoms with Crippen LogP contribution in [0.2, 0.25) is 0 Å². The third kappa shape index (κ3) is 18.7. The Balaban J connectivity index is 0. The molecule has 6 aromatic rings. The molecule has 0 aliphatic carbocycles. The summed E-state index contributed by atoms with van der Waals surface area (Å²) < 4.78 is 38.0. The fraction of sp³-hybridized carbons (Fsp3) is 0.184. The van der Waals surface area contributed by atoms with E-state index in [1.807, 2.05) is 103 Å². The van der Waals surface area contributed by atoms with Gasteiger partial charge >= 0.3 is 115 Å². The minimum absolute atomic E-state index is 0. The molecule has 53 heavy (non-hydrogen) atoms. The molecule has 0 atom stereocenters. The van der Waals surface area contributed by atoms with Gasteiger partial charge in [-0.1, -0.05) is 64.5 Å². The van der Waals surface area contributed by atoms with Gasteiger partial charge in [0.25, 0.3) is 6.47 Å². The van der Waals surface area contributed by atoms with Crippen molar-refractivity contribution < 1.29 is 153 Å². The monoisotopic (exact) mass is 845 g/mol. The average molecular weight is 847 g/mol. The van der Waals surface area contributed by atoms with E-state index >= 15 is 0 Å². The second-order valence-electron chi connectivity index (χ2n) is 9.75. The molecule has 0 spiro atoms. The third-order valence-electron chi connectivity index (χ3n) is 6.64. The van der Waals surface area contributed by atoms with E-state index in [0.717, 1.165) is 45.2 Å². The molecule has 1 N–H and O–H groups in total. The van der Waals surface area contributed by atoms with Crippen LogP contribution in [0.15, 0.2) is 122 Å². The summed E-state index contributed by atoms with van der Waals surface area (Å²) in [6, 6.07) is 34.5. The fourth-order valence-electron chi connectivity index (χ4n) is 4.37. The number of methoxy groups -OCH3 is 2. The summed E-state index contributed by atoms with van der Waals surface area (Å²) >= 11 is 3.28. The first-order valence-electron chi connectivity index (χ1n) is 15.9. The quantitative estimate of drug-likeness (QED) is 0.0536. The molecule has 0 unspecified atom stereocenters. The zero-order valence-corrected chi connectivity index (χ0v) is 37.9. The molecule has 0 fully saturated rings. The number of esters is 2. The van der Waals surface area contributed by atoms with Crippen molar-refractivity contribution >= 4 is 56.1 Å². The number of ether oxygens (including phenoxy) is 4. The van der Waals surface area contributed by atoms with Gasteiger partial charge in [0.05, 0.1) is 47.0 Å². The molecule has 2 heterocycles. The van der Waals surface area contributed by atoms with Crippen molar-refractivity contribution in [2.24, 2.45) is 0 Å². The number of hydrogen-bond acceptors (Lipinski definition) is 9. The Hall–Kier alpha value is -2.39. The zero-order chi connectivity index (χ0) is 38.0. The maximum absolute atomic E-state index is 11.6. The number of para-hydroxylation sites is 2. The number of benzene rings is 4. The zero-order valence-electron chi connectivity index (χ0n) is 32.0. The Morgan fingerprint density at radius 1 is 0.830 bits per heavy atom. The molecule has 2 aromatic heterocycles. The van der Waals surface area contributed by atoms with Gasteiger partial charge in [0.15, 0.2) is 0 Å². The van der Waals surface area contributed by atoms with Crippen LogP contribution in [0.3, 0.4) is 0 Å². The Kier molecular flexibility index (Phi) is 28.3. The summed E-state index contributed by atoms with van der Waals surface area (Å²) in [6.07, 6.45) is 3.84. The van der Waals surface area contributed by atoms with Crippen LogP contribution in [0.4, 0.5) is 4.39 Å². The second kappa shape index (κ2) is 30.9. The van der Waals surface area contributed by atoms with Crippen molar-refractivity contribution in [2.75, 3.05) is 39.9 Å². The number of halogens is 2. The molecule has 11 nitrogen and oxygen atoms in total. The fourth-order valence-corrected chi connectivity index (χ4v) is 4.53. The average Bonchev–Trinajstić information content (AvgIpc) is 3.84. The minimum atomic E-state index is -1.00. The number of aromatic amines is 1. The topological polar surface area (TPSA) is 141 Å². The molecule has 272 valence electrons. The van der Waals surface area contributed by atoms with Gasteiger partial charge in [-0.05, 0) is 71.4 Å². The van der Waals surface area contributed by atoms with Gasteiger partial charge in [0.1, 0.15) is 18.1 Å². The van der Waals surface area contributed by atoms with E-state index < -0.39 is 7.15 Å². The molecule has 0 saturated heterocycles. The van der Waals surface area contributed by atoms with Gasteiger partial charge in [0.2, 0.25) is 0 Å². The van der Waals surface area contributed by atoms with Gasteiger partial charge in [-0.15, -0.1) is 0 Å². The molecule has 0 radical (unpaired) electrons. The van der Waals surface area contributed by atoms with Crippen molar-refractivity contribution in [3.05, 3.63) is 133 Å². The normalized spacial score (nSPS) is 9.42. The summed E-state index contributed by atoms with van der Waals surface area (Å²) in [6.45, 7) is 1.82. The predicted octanol–water partition coefficient (Wildman–Crippen LogP) is 1.06. The van der Waals surface area contributed by atoms with Crippen molar-refractivity contribution in [3.8, 4) is 11.5 Å². The van der Waals surface area contributed by atoms with E-state index in [1.54, 1.807) is 18.2 Å². The van der Waals surface area contributed by atoms with Crippen molar-refractivity contribution in [1.29, 1.82) is 0 Å². The minimum Gasteiger partial charge on any atom is -1.00 e. The first-order chi connectivity index (χ1) is 25.3. The van der Waals surface area contributed by atoms with Crippen LogP contribution < -0.4 is 118 Å². The maximum Gasteiger partial charge on any atom is 1.00 e. The Bertz CT molecular complexity index is 1910. The molecule has 0 amide bonds. The van der Waals surface area contributed by atoms with Gasteiger partial charge in [0, 0.05) is 28.8 Å². The molecule has 15 heteroatoms. The molecule has 0 aliphatic rings. The number of hydrogen-bond donors (Lipinski definition) is 1. The molecule has 0 bridgehead atoms. The smallest absolute Gasteiger partial charge is 1.00 e. The maximum atomic E-state index is 11.6. The van der Waals surface area contributed by atoms with E-state index in [4.69, 9.17) is 25.6 Å². The van der Waals surface area contributed by atoms with Crippen LogP contribution in [0.25, 0.3) is 21.8 Å². The Morgan fingerprint density at radius 2 is 1.34 bits per heavy atom. The first kappa shape index (κ1) is 48.6. The summed E-state index contributed by atoms with van der Waals surface area (Å²) in [5, 5.41) is 11.5. The number of H-pyrrole nitrogens is 1. The third-order valence-corrected chi connectivity index (χ3v) is 6.97.